The Morgan fingerprint density at radius 1 is 0.750 bits per heavy atom. The van der Waals surface area contributed by atoms with E-state index >= 15 is 0 Å². The number of rotatable bonds is 8. The lowest BCUT2D eigenvalue weighted by molar-refractivity contribution is -0.157. The van der Waals surface area contributed by atoms with Crippen molar-refractivity contribution < 1.29 is 39.6 Å². The minimum atomic E-state index is -1.79. The Morgan fingerprint density at radius 3 is 1.56 bits per heavy atom. The van der Waals surface area contributed by atoms with Crippen molar-refractivity contribution in [3.05, 3.63) is 108 Å². The highest BCUT2D eigenvalue weighted by molar-refractivity contribution is 6.33. The van der Waals surface area contributed by atoms with Crippen LogP contribution in [0.5, 0.6) is 0 Å². The lowest BCUT2D eigenvalue weighted by Crippen LogP contribution is -2.32. The zero-order valence-corrected chi connectivity index (χ0v) is 19.7. The van der Waals surface area contributed by atoms with Gasteiger partial charge < -0.3 is 26.2 Å². The quantitative estimate of drug-likeness (QED) is 0.294. The maximum atomic E-state index is 10.7. The molecule has 0 radical (unpaired) electrons. The third-order valence-electron chi connectivity index (χ3n) is 4.81. The molecule has 3 aromatic rings. The molecule has 0 saturated carbocycles. The minimum Gasteiger partial charge on any atom is -0.480 e. The van der Waals surface area contributed by atoms with Crippen molar-refractivity contribution in [3.63, 3.8) is 0 Å². The largest absolute Gasteiger partial charge is 0.480 e. The van der Waals surface area contributed by atoms with Crippen LogP contribution >= 0.6 is 0 Å². The van der Waals surface area contributed by atoms with Gasteiger partial charge in [0.05, 0.1) is 0 Å². The molecular formula is C27H29NO8. The normalized spacial score (nSPS) is 12.3. The molecule has 0 aromatic heterocycles. The molecule has 0 aliphatic heterocycles. The van der Waals surface area contributed by atoms with Crippen LogP contribution in [0.15, 0.2) is 91.0 Å². The van der Waals surface area contributed by atoms with Crippen LogP contribution in [0.3, 0.4) is 0 Å². The fourth-order valence-electron chi connectivity index (χ4n) is 2.70. The first-order valence-corrected chi connectivity index (χ1v) is 10.8. The molecule has 0 fully saturated rings. The van der Waals surface area contributed by atoms with E-state index in [2.05, 4.69) is 0 Å². The Hall–Kier alpha value is -4.34. The number of Topliss-reactive ketones (excluding diaryl/α,β-unsaturated/α-hetero) is 1. The molecule has 0 spiro atoms. The van der Waals surface area contributed by atoms with Gasteiger partial charge in [-0.25, -0.2) is 9.59 Å². The third kappa shape index (κ3) is 10.7. The molecule has 190 valence electrons. The van der Waals surface area contributed by atoms with Gasteiger partial charge in [0.25, 0.3) is 0 Å². The van der Waals surface area contributed by atoms with E-state index in [1.807, 2.05) is 36.4 Å². The summed E-state index contributed by atoms with van der Waals surface area (Å²) in [5, 5.41) is 34.9. The summed E-state index contributed by atoms with van der Waals surface area (Å²) in [6, 6.07) is 25.6. The summed E-state index contributed by atoms with van der Waals surface area (Å²) in [6.45, 7) is 1.25. The van der Waals surface area contributed by atoms with Gasteiger partial charge in [-0.2, -0.15) is 0 Å². The van der Waals surface area contributed by atoms with Crippen molar-refractivity contribution in [3.8, 4) is 0 Å². The molecule has 0 aliphatic rings. The third-order valence-corrected chi connectivity index (χ3v) is 4.81. The minimum absolute atomic E-state index is 0.0316. The molecule has 9 heteroatoms. The second-order valence-corrected chi connectivity index (χ2v) is 7.77. The van der Waals surface area contributed by atoms with Gasteiger partial charge in [-0.1, -0.05) is 91.0 Å². The Balaban J connectivity index is 0.000000270. The predicted octanol–water partition coefficient (Wildman–Crippen LogP) is 2.50. The molecule has 3 aromatic carbocycles. The van der Waals surface area contributed by atoms with Crippen molar-refractivity contribution in [2.24, 2.45) is 5.73 Å². The van der Waals surface area contributed by atoms with Crippen LogP contribution in [0.2, 0.25) is 0 Å². The lowest BCUT2D eigenvalue weighted by Gasteiger charge is -2.17. The summed E-state index contributed by atoms with van der Waals surface area (Å²) in [6.07, 6.45) is 0.354. The standard InChI is InChI=1S/C9H11NO2.C9H10O3.C9H8O3/c10-8(9(11)12)6-7-4-2-1-3-5-7;1-9(12,8(10)11)7-5-3-2-4-6-7;10-8(9(11)12)6-7-4-2-1-3-5-7/h1-5,8H,6,10H2,(H,11,12);2-6,12H,1H3,(H,10,11);1-5H,6H2,(H,11,12)/t8-;;/m0../s1. The van der Waals surface area contributed by atoms with Gasteiger partial charge in [0.2, 0.25) is 5.78 Å². The van der Waals surface area contributed by atoms with E-state index in [0.717, 1.165) is 11.1 Å². The topological polar surface area (TPSA) is 175 Å². The van der Waals surface area contributed by atoms with Crippen LogP contribution in [-0.2, 0) is 37.6 Å². The van der Waals surface area contributed by atoms with Crippen LogP contribution in [0.25, 0.3) is 0 Å². The summed E-state index contributed by atoms with van der Waals surface area (Å²) in [7, 11) is 0. The zero-order chi connectivity index (χ0) is 27.1. The van der Waals surface area contributed by atoms with Crippen molar-refractivity contribution in [1.29, 1.82) is 0 Å². The summed E-state index contributed by atoms with van der Waals surface area (Å²) >= 11 is 0. The van der Waals surface area contributed by atoms with Crippen molar-refractivity contribution in [2.45, 2.75) is 31.4 Å². The first-order valence-electron chi connectivity index (χ1n) is 10.8. The SMILES string of the molecule is CC(O)(C(=O)O)c1ccccc1.N[C@@H](Cc1ccccc1)C(=O)O.O=C(O)C(=O)Cc1ccccc1. The van der Waals surface area contributed by atoms with E-state index in [-0.39, 0.29) is 6.42 Å². The van der Waals surface area contributed by atoms with E-state index in [1.165, 1.54) is 6.92 Å². The first kappa shape index (κ1) is 29.7. The summed E-state index contributed by atoms with van der Waals surface area (Å²) in [4.78, 5) is 41.8. The van der Waals surface area contributed by atoms with Crippen molar-refractivity contribution >= 4 is 23.7 Å². The molecule has 9 nitrogen and oxygen atoms in total. The van der Waals surface area contributed by atoms with Gasteiger partial charge in [0.15, 0.2) is 5.60 Å². The number of aliphatic carboxylic acids is 3. The van der Waals surface area contributed by atoms with Crippen molar-refractivity contribution in [2.75, 3.05) is 0 Å². The number of aliphatic hydroxyl groups is 1. The summed E-state index contributed by atoms with van der Waals surface area (Å²) < 4.78 is 0. The lowest BCUT2D eigenvalue weighted by atomic mass is 9.97. The number of benzene rings is 3. The Kier molecular flexibility index (Phi) is 12.2. The van der Waals surface area contributed by atoms with E-state index < -0.39 is 35.3 Å². The fourth-order valence-corrected chi connectivity index (χ4v) is 2.70. The summed E-state index contributed by atoms with van der Waals surface area (Å²) in [5.41, 5.74) is 5.62. The monoisotopic (exact) mass is 495 g/mol. The second-order valence-electron chi connectivity index (χ2n) is 7.77. The number of hydrogen-bond donors (Lipinski definition) is 5. The Bertz CT molecular complexity index is 1120. The van der Waals surface area contributed by atoms with Gasteiger partial charge in [0.1, 0.15) is 6.04 Å². The number of hydrogen-bond acceptors (Lipinski definition) is 6. The van der Waals surface area contributed by atoms with Crippen LogP contribution < -0.4 is 5.73 Å². The Morgan fingerprint density at radius 2 is 1.17 bits per heavy atom. The number of carboxylic acids is 3. The average Bonchev–Trinajstić information content (AvgIpc) is 2.86. The molecule has 0 aliphatic carbocycles. The number of nitrogens with two attached hydrogens (primary N) is 1. The van der Waals surface area contributed by atoms with Crippen LogP contribution in [-0.4, -0.2) is 50.2 Å². The van der Waals surface area contributed by atoms with Gasteiger partial charge in [-0.3, -0.25) is 9.59 Å². The van der Waals surface area contributed by atoms with E-state index in [1.54, 1.807) is 54.6 Å². The molecule has 3 rings (SSSR count). The van der Waals surface area contributed by atoms with E-state index in [4.69, 9.17) is 21.1 Å². The molecule has 0 amide bonds. The molecule has 1 unspecified atom stereocenters. The fraction of sp³-hybridized carbons (Fsp3) is 0.185. The molecule has 0 bridgehead atoms. The van der Waals surface area contributed by atoms with E-state index in [0.29, 0.717) is 12.0 Å². The molecule has 0 heterocycles. The number of carboxylic acid groups (broad SMARTS) is 3. The molecule has 2 atom stereocenters. The first-order chi connectivity index (χ1) is 16.9. The van der Waals surface area contributed by atoms with Crippen LogP contribution in [0.1, 0.15) is 23.6 Å². The Labute approximate surface area is 208 Å². The van der Waals surface area contributed by atoms with Crippen LogP contribution in [0.4, 0.5) is 0 Å². The maximum absolute atomic E-state index is 10.7. The van der Waals surface area contributed by atoms with Crippen LogP contribution in [0, 0.1) is 0 Å². The zero-order valence-electron chi connectivity index (χ0n) is 19.7. The number of carbonyl (C=O) groups excluding carboxylic acids is 1. The van der Waals surface area contributed by atoms with E-state index in [9.17, 15) is 24.3 Å². The van der Waals surface area contributed by atoms with Gasteiger partial charge in [-0.05, 0) is 30.0 Å². The number of ketones is 1. The maximum Gasteiger partial charge on any atom is 0.372 e. The highest BCUT2D eigenvalue weighted by Gasteiger charge is 2.31. The highest BCUT2D eigenvalue weighted by Crippen LogP contribution is 2.19. The molecule has 0 saturated heterocycles. The van der Waals surface area contributed by atoms with Gasteiger partial charge >= 0.3 is 17.9 Å². The predicted molar refractivity (Wildman–Crippen MR) is 132 cm³/mol. The highest BCUT2D eigenvalue weighted by atomic mass is 16.4. The van der Waals surface area contributed by atoms with Gasteiger partial charge in [0, 0.05) is 6.42 Å². The molecule has 36 heavy (non-hydrogen) atoms. The number of carbonyl (C=O) groups is 4. The molecular weight excluding hydrogens is 466 g/mol. The summed E-state index contributed by atoms with van der Waals surface area (Å²) in [5.74, 6) is -4.35. The average molecular weight is 496 g/mol. The smallest absolute Gasteiger partial charge is 0.372 e. The second kappa shape index (κ2) is 14.8. The molecule has 6 N–H and O–H groups in total. The van der Waals surface area contributed by atoms with Gasteiger partial charge in [-0.15, -0.1) is 0 Å². The van der Waals surface area contributed by atoms with Crippen molar-refractivity contribution in [1.82, 2.24) is 0 Å².